The van der Waals surface area contributed by atoms with Crippen LogP contribution in [0.1, 0.15) is 27.7 Å². The second-order valence-electron chi connectivity index (χ2n) is 3.69. The van der Waals surface area contributed by atoms with Crippen LogP contribution < -0.4 is 9.80 Å². The van der Waals surface area contributed by atoms with Gasteiger partial charge in [0.15, 0.2) is 0 Å². The maximum atomic E-state index is 6.06. The highest BCUT2D eigenvalue weighted by molar-refractivity contribution is 6.29. The van der Waals surface area contributed by atoms with Gasteiger partial charge >= 0.3 is 0 Å². The maximum Gasteiger partial charge on any atom is 0.228 e. The topological polar surface area (TPSA) is 32.3 Å². The molecule has 0 amide bonds. The Hall–Kier alpha value is -1.03. The molecule has 0 atom stereocenters. The van der Waals surface area contributed by atoms with Crippen LogP contribution in [0.5, 0.6) is 0 Å². The highest BCUT2D eigenvalue weighted by Gasteiger charge is 2.11. The van der Waals surface area contributed by atoms with Crippen LogP contribution in [0.25, 0.3) is 0 Å². The molecule has 1 rings (SSSR count). The van der Waals surface area contributed by atoms with Crippen LogP contribution in [-0.2, 0) is 0 Å². The van der Waals surface area contributed by atoms with Crippen molar-refractivity contribution in [2.24, 2.45) is 0 Å². The summed E-state index contributed by atoms with van der Waals surface area (Å²) in [5.41, 5.74) is 0. The van der Waals surface area contributed by atoms with E-state index in [0.29, 0.717) is 11.1 Å². The first kappa shape index (κ1) is 14.0. The first-order valence-electron chi connectivity index (χ1n) is 6.20. The number of halogens is 1. The van der Waals surface area contributed by atoms with Gasteiger partial charge in [-0.25, -0.2) is 4.98 Å². The average molecular weight is 257 g/mol. The Labute approximate surface area is 109 Å². The second-order valence-corrected chi connectivity index (χ2v) is 4.08. The van der Waals surface area contributed by atoms with Gasteiger partial charge in [0.05, 0.1) is 0 Å². The number of hydrogen-bond donors (Lipinski definition) is 0. The summed E-state index contributed by atoms with van der Waals surface area (Å²) in [5, 5.41) is 0.504. The largest absolute Gasteiger partial charge is 0.357 e. The van der Waals surface area contributed by atoms with Gasteiger partial charge in [-0.05, 0) is 27.7 Å². The maximum absolute atomic E-state index is 6.06. The van der Waals surface area contributed by atoms with Crippen LogP contribution in [-0.4, -0.2) is 36.1 Å². The van der Waals surface area contributed by atoms with Crippen molar-refractivity contribution in [3.8, 4) is 0 Å². The van der Waals surface area contributed by atoms with E-state index in [9.17, 15) is 0 Å². The Bertz CT molecular complexity index is 318. The minimum Gasteiger partial charge on any atom is -0.357 e. The quantitative estimate of drug-likeness (QED) is 0.733. The minimum atomic E-state index is 0.504. The van der Waals surface area contributed by atoms with E-state index in [1.807, 2.05) is 6.07 Å². The van der Waals surface area contributed by atoms with E-state index in [-0.39, 0.29) is 0 Å². The first-order chi connectivity index (χ1) is 8.15. The van der Waals surface area contributed by atoms with Gasteiger partial charge in [-0.1, -0.05) is 11.6 Å². The van der Waals surface area contributed by atoms with Crippen molar-refractivity contribution in [2.75, 3.05) is 36.0 Å². The summed E-state index contributed by atoms with van der Waals surface area (Å²) < 4.78 is 0. The zero-order chi connectivity index (χ0) is 12.8. The molecule has 0 aliphatic rings. The lowest BCUT2D eigenvalue weighted by atomic mass is 10.4. The molecule has 0 fully saturated rings. The fourth-order valence-electron chi connectivity index (χ4n) is 1.75. The number of nitrogens with zero attached hydrogens (tertiary/aromatic N) is 4. The highest BCUT2D eigenvalue weighted by Crippen LogP contribution is 2.20. The second kappa shape index (κ2) is 6.64. The molecule has 0 radical (unpaired) electrons. The predicted octanol–water partition coefficient (Wildman–Crippen LogP) is 2.82. The van der Waals surface area contributed by atoms with Crippen LogP contribution in [0.2, 0.25) is 5.15 Å². The zero-order valence-electron chi connectivity index (χ0n) is 11.1. The monoisotopic (exact) mass is 256 g/mol. The molecule has 0 aliphatic heterocycles. The van der Waals surface area contributed by atoms with E-state index >= 15 is 0 Å². The minimum absolute atomic E-state index is 0.504. The Morgan fingerprint density at radius 3 is 1.94 bits per heavy atom. The van der Waals surface area contributed by atoms with E-state index in [1.54, 1.807) is 0 Å². The molecule has 1 aromatic heterocycles. The normalized spacial score (nSPS) is 10.4. The summed E-state index contributed by atoms with van der Waals surface area (Å²) in [6, 6.07) is 1.82. The Morgan fingerprint density at radius 1 is 0.941 bits per heavy atom. The molecule has 0 saturated heterocycles. The summed E-state index contributed by atoms with van der Waals surface area (Å²) in [4.78, 5) is 13.1. The van der Waals surface area contributed by atoms with Gasteiger partial charge in [0, 0.05) is 32.2 Å². The number of hydrogen-bond acceptors (Lipinski definition) is 4. The molecule has 0 aromatic carbocycles. The van der Waals surface area contributed by atoms with E-state index in [1.165, 1.54) is 0 Å². The summed E-state index contributed by atoms with van der Waals surface area (Å²) in [6.07, 6.45) is 0. The molecule has 0 bridgehead atoms. The molecule has 0 saturated carbocycles. The van der Waals surface area contributed by atoms with Gasteiger partial charge in [-0.15, -0.1) is 0 Å². The number of anilines is 2. The van der Waals surface area contributed by atoms with Crippen molar-refractivity contribution in [3.05, 3.63) is 11.2 Å². The lowest BCUT2D eigenvalue weighted by Gasteiger charge is -2.23. The fraction of sp³-hybridized carbons (Fsp3) is 0.667. The van der Waals surface area contributed by atoms with Crippen LogP contribution in [0.4, 0.5) is 11.8 Å². The Morgan fingerprint density at radius 2 is 1.47 bits per heavy atom. The molecule has 0 N–H and O–H groups in total. The fourth-order valence-corrected chi connectivity index (χ4v) is 1.92. The third kappa shape index (κ3) is 3.46. The molecule has 17 heavy (non-hydrogen) atoms. The first-order valence-corrected chi connectivity index (χ1v) is 6.58. The van der Waals surface area contributed by atoms with Crippen molar-refractivity contribution in [1.29, 1.82) is 0 Å². The van der Waals surface area contributed by atoms with E-state index in [2.05, 4.69) is 47.5 Å². The zero-order valence-corrected chi connectivity index (χ0v) is 11.8. The van der Waals surface area contributed by atoms with Gasteiger partial charge in [-0.3, -0.25) is 0 Å². The molecular formula is C12H21ClN4. The summed E-state index contributed by atoms with van der Waals surface area (Å²) in [7, 11) is 0. The molecule has 0 spiro atoms. The van der Waals surface area contributed by atoms with E-state index in [0.717, 1.165) is 32.0 Å². The number of rotatable bonds is 6. The lowest BCUT2D eigenvalue weighted by Crippen LogP contribution is -2.27. The number of aromatic nitrogens is 2. The van der Waals surface area contributed by atoms with E-state index < -0.39 is 0 Å². The van der Waals surface area contributed by atoms with Crippen LogP contribution in [0.15, 0.2) is 6.07 Å². The van der Waals surface area contributed by atoms with Gasteiger partial charge in [0.2, 0.25) is 5.95 Å². The van der Waals surface area contributed by atoms with Gasteiger partial charge in [-0.2, -0.15) is 4.98 Å². The standard InChI is InChI=1S/C12H21ClN4/c1-5-16(6-2)11-9-10(13)14-12(15-11)17(7-3)8-4/h9H,5-8H2,1-4H3. The van der Waals surface area contributed by atoms with Crippen molar-refractivity contribution in [1.82, 2.24) is 9.97 Å². The van der Waals surface area contributed by atoms with Crippen LogP contribution in [0.3, 0.4) is 0 Å². The third-order valence-electron chi connectivity index (χ3n) is 2.80. The molecule has 1 heterocycles. The van der Waals surface area contributed by atoms with E-state index in [4.69, 9.17) is 11.6 Å². The lowest BCUT2D eigenvalue weighted by molar-refractivity contribution is 0.799. The van der Waals surface area contributed by atoms with Crippen molar-refractivity contribution in [2.45, 2.75) is 27.7 Å². The third-order valence-corrected chi connectivity index (χ3v) is 3.00. The summed E-state index contributed by atoms with van der Waals surface area (Å²) in [5.74, 6) is 1.61. The van der Waals surface area contributed by atoms with Crippen LogP contribution >= 0.6 is 11.6 Å². The molecule has 96 valence electrons. The molecular weight excluding hydrogens is 236 g/mol. The van der Waals surface area contributed by atoms with Crippen LogP contribution in [0, 0.1) is 0 Å². The van der Waals surface area contributed by atoms with Crippen molar-refractivity contribution < 1.29 is 0 Å². The predicted molar refractivity (Wildman–Crippen MR) is 74.2 cm³/mol. The van der Waals surface area contributed by atoms with Gasteiger partial charge in [0.1, 0.15) is 11.0 Å². The van der Waals surface area contributed by atoms with Crippen molar-refractivity contribution in [3.63, 3.8) is 0 Å². The highest BCUT2D eigenvalue weighted by atomic mass is 35.5. The molecule has 5 heteroatoms. The van der Waals surface area contributed by atoms with Crippen molar-refractivity contribution >= 4 is 23.4 Å². The Kier molecular flexibility index (Phi) is 5.48. The average Bonchev–Trinajstić information content (AvgIpc) is 2.31. The molecule has 0 unspecified atom stereocenters. The van der Waals surface area contributed by atoms with Gasteiger partial charge < -0.3 is 9.80 Å². The SMILES string of the molecule is CCN(CC)c1cc(Cl)nc(N(CC)CC)n1. The molecule has 0 aliphatic carbocycles. The Balaban J connectivity index is 3.08. The summed E-state index contributed by atoms with van der Waals surface area (Å²) >= 11 is 6.06. The molecule has 4 nitrogen and oxygen atoms in total. The smallest absolute Gasteiger partial charge is 0.228 e. The molecule has 1 aromatic rings. The van der Waals surface area contributed by atoms with Gasteiger partial charge in [0.25, 0.3) is 0 Å². The summed E-state index contributed by atoms with van der Waals surface area (Å²) in [6.45, 7) is 12.0.